The summed E-state index contributed by atoms with van der Waals surface area (Å²) in [6.07, 6.45) is 3.02. The van der Waals surface area contributed by atoms with Gasteiger partial charge in [0.1, 0.15) is 5.75 Å². The fourth-order valence-electron chi connectivity index (χ4n) is 3.35. The molecular weight excluding hydrogens is 402 g/mol. The maximum absolute atomic E-state index is 12.9. The zero-order chi connectivity index (χ0) is 23.1. The molecule has 0 aliphatic rings. The number of amides is 1. The Morgan fingerprint density at radius 2 is 1.91 bits per heavy atom. The van der Waals surface area contributed by atoms with E-state index in [9.17, 15) is 4.79 Å². The van der Waals surface area contributed by atoms with Crippen molar-refractivity contribution in [2.45, 2.75) is 47.2 Å². The van der Waals surface area contributed by atoms with E-state index in [4.69, 9.17) is 4.74 Å². The van der Waals surface area contributed by atoms with Crippen molar-refractivity contribution in [3.05, 3.63) is 76.6 Å². The minimum Gasteiger partial charge on any atom is -0.495 e. The summed E-state index contributed by atoms with van der Waals surface area (Å²) < 4.78 is 7.41. The van der Waals surface area contributed by atoms with Crippen molar-refractivity contribution < 1.29 is 9.53 Å². The first-order chi connectivity index (χ1) is 15.4. The van der Waals surface area contributed by atoms with Crippen LogP contribution in [0.2, 0.25) is 0 Å². The van der Waals surface area contributed by atoms with Gasteiger partial charge in [0, 0.05) is 23.9 Å². The smallest absolute Gasteiger partial charge is 0.257 e. The molecule has 3 aromatic rings. The SMILES string of the molecule is CCCn1cc(CN=C(NC(=O)c2cccc(C)c2)Nc2cc(C)ccc2OC)c(C)n1. The third-order valence-electron chi connectivity index (χ3n) is 5.03. The Hall–Kier alpha value is -3.61. The fraction of sp³-hybridized carbons (Fsp3) is 0.320. The molecule has 7 nitrogen and oxygen atoms in total. The van der Waals surface area contributed by atoms with Gasteiger partial charge in [0.25, 0.3) is 5.91 Å². The lowest BCUT2D eigenvalue weighted by Gasteiger charge is -2.15. The van der Waals surface area contributed by atoms with E-state index in [1.807, 2.05) is 68.0 Å². The van der Waals surface area contributed by atoms with Crippen LogP contribution in [-0.4, -0.2) is 28.8 Å². The van der Waals surface area contributed by atoms with E-state index in [2.05, 4.69) is 27.6 Å². The number of aromatic nitrogens is 2. The number of nitrogens with one attached hydrogen (secondary N) is 2. The summed E-state index contributed by atoms with van der Waals surface area (Å²) in [5, 5.41) is 10.7. The minimum atomic E-state index is -0.232. The third kappa shape index (κ3) is 5.97. The first kappa shape index (κ1) is 23.1. The molecule has 168 valence electrons. The Morgan fingerprint density at radius 1 is 1.12 bits per heavy atom. The highest BCUT2D eigenvalue weighted by Crippen LogP contribution is 2.25. The molecule has 0 fully saturated rings. The van der Waals surface area contributed by atoms with Crippen molar-refractivity contribution in [3.63, 3.8) is 0 Å². The van der Waals surface area contributed by atoms with E-state index in [1.54, 1.807) is 13.2 Å². The fourth-order valence-corrected chi connectivity index (χ4v) is 3.35. The van der Waals surface area contributed by atoms with Crippen LogP contribution in [0.3, 0.4) is 0 Å². The van der Waals surface area contributed by atoms with E-state index in [-0.39, 0.29) is 5.91 Å². The number of carbonyl (C=O) groups is 1. The molecule has 0 atom stereocenters. The van der Waals surface area contributed by atoms with Gasteiger partial charge < -0.3 is 10.1 Å². The van der Waals surface area contributed by atoms with E-state index >= 15 is 0 Å². The highest BCUT2D eigenvalue weighted by molar-refractivity contribution is 6.10. The summed E-state index contributed by atoms with van der Waals surface area (Å²) in [5.41, 5.74) is 5.33. The predicted octanol–water partition coefficient (Wildman–Crippen LogP) is 4.63. The molecule has 1 aromatic heterocycles. The minimum absolute atomic E-state index is 0.232. The van der Waals surface area contributed by atoms with Crippen LogP contribution in [0, 0.1) is 20.8 Å². The Morgan fingerprint density at radius 3 is 2.62 bits per heavy atom. The van der Waals surface area contributed by atoms with Crippen molar-refractivity contribution in [2.24, 2.45) is 4.99 Å². The number of guanidine groups is 1. The molecule has 0 aliphatic carbocycles. The van der Waals surface area contributed by atoms with Crippen LogP contribution in [0.25, 0.3) is 0 Å². The monoisotopic (exact) mass is 433 g/mol. The second-order valence-corrected chi connectivity index (χ2v) is 7.82. The van der Waals surface area contributed by atoms with Gasteiger partial charge in [-0.2, -0.15) is 5.10 Å². The number of aryl methyl sites for hydroxylation is 4. The lowest BCUT2D eigenvalue weighted by molar-refractivity contribution is 0.0977. The van der Waals surface area contributed by atoms with Gasteiger partial charge in [-0.1, -0.05) is 30.7 Å². The molecule has 0 aliphatic heterocycles. The molecule has 3 rings (SSSR count). The van der Waals surface area contributed by atoms with Crippen LogP contribution in [-0.2, 0) is 13.1 Å². The number of methoxy groups -OCH3 is 1. The summed E-state index contributed by atoms with van der Waals surface area (Å²) in [4.78, 5) is 17.6. The van der Waals surface area contributed by atoms with Crippen LogP contribution in [0.15, 0.2) is 53.7 Å². The molecule has 1 amide bonds. The van der Waals surface area contributed by atoms with Crippen LogP contribution in [0.5, 0.6) is 5.75 Å². The molecule has 2 N–H and O–H groups in total. The Labute approximate surface area is 189 Å². The Kier molecular flexibility index (Phi) is 7.65. The van der Waals surface area contributed by atoms with Crippen LogP contribution >= 0.6 is 0 Å². The molecule has 0 bridgehead atoms. The number of rotatable bonds is 7. The number of ether oxygens (including phenoxy) is 1. The van der Waals surface area contributed by atoms with Gasteiger partial charge in [-0.05, 0) is 57.0 Å². The normalized spacial score (nSPS) is 11.3. The zero-order valence-electron chi connectivity index (χ0n) is 19.4. The van der Waals surface area contributed by atoms with Gasteiger partial charge in [-0.3, -0.25) is 14.8 Å². The highest BCUT2D eigenvalue weighted by Gasteiger charge is 2.13. The standard InChI is InChI=1S/C25H31N5O2/c1-6-12-30-16-21(19(4)29-30)15-26-25(27-22-14-18(3)10-11-23(22)32-5)28-24(31)20-9-7-8-17(2)13-20/h7-11,13-14,16H,6,12,15H2,1-5H3,(H2,26,27,28,31). The molecule has 0 spiro atoms. The molecular formula is C25H31N5O2. The topological polar surface area (TPSA) is 80.5 Å². The average molecular weight is 434 g/mol. The van der Waals surface area contributed by atoms with Gasteiger partial charge in [0.15, 0.2) is 0 Å². The Bertz CT molecular complexity index is 1120. The molecule has 2 aromatic carbocycles. The number of hydrogen-bond acceptors (Lipinski definition) is 4. The summed E-state index contributed by atoms with van der Waals surface area (Å²) in [6, 6.07) is 13.3. The summed E-state index contributed by atoms with van der Waals surface area (Å²) in [7, 11) is 1.61. The summed E-state index contributed by atoms with van der Waals surface area (Å²) >= 11 is 0. The lowest BCUT2D eigenvalue weighted by Crippen LogP contribution is -2.36. The molecule has 0 saturated heterocycles. The summed E-state index contributed by atoms with van der Waals surface area (Å²) in [5.74, 6) is 0.785. The van der Waals surface area contributed by atoms with Crippen molar-refractivity contribution in [3.8, 4) is 5.75 Å². The molecule has 0 unspecified atom stereocenters. The molecule has 1 heterocycles. The lowest BCUT2D eigenvalue weighted by atomic mass is 10.1. The third-order valence-corrected chi connectivity index (χ3v) is 5.03. The van der Waals surface area contributed by atoms with Crippen molar-refractivity contribution in [1.82, 2.24) is 15.1 Å². The number of aliphatic imine (C=N–C) groups is 1. The average Bonchev–Trinajstić information content (AvgIpc) is 3.11. The van der Waals surface area contributed by atoms with Crippen LogP contribution < -0.4 is 15.4 Å². The van der Waals surface area contributed by atoms with Gasteiger partial charge >= 0.3 is 0 Å². The highest BCUT2D eigenvalue weighted by atomic mass is 16.5. The molecule has 7 heteroatoms. The maximum Gasteiger partial charge on any atom is 0.257 e. The van der Waals surface area contributed by atoms with Crippen molar-refractivity contribution >= 4 is 17.6 Å². The largest absolute Gasteiger partial charge is 0.495 e. The number of hydrogen-bond donors (Lipinski definition) is 2. The van der Waals surface area contributed by atoms with E-state index in [0.717, 1.165) is 41.0 Å². The van der Waals surface area contributed by atoms with Crippen molar-refractivity contribution in [1.29, 1.82) is 0 Å². The number of anilines is 1. The number of nitrogens with zero attached hydrogens (tertiary/aromatic N) is 3. The van der Waals surface area contributed by atoms with E-state index in [0.29, 0.717) is 23.8 Å². The van der Waals surface area contributed by atoms with Gasteiger partial charge in [0.2, 0.25) is 5.96 Å². The first-order valence-electron chi connectivity index (χ1n) is 10.8. The first-order valence-corrected chi connectivity index (χ1v) is 10.8. The Balaban J connectivity index is 1.89. The second-order valence-electron chi connectivity index (χ2n) is 7.82. The second kappa shape index (κ2) is 10.6. The zero-order valence-corrected chi connectivity index (χ0v) is 19.4. The number of benzene rings is 2. The van der Waals surface area contributed by atoms with Crippen LogP contribution in [0.4, 0.5) is 5.69 Å². The van der Waals surface area contributed by atoms with E-state index < -0.39 is 0 Å². The summed E-state index contributed by atoms with van der Waals surface area (Å²) in [6.45, 7) is 9.29. The maximum atomic E-state index is 12.9. The van der Waals surface area contributed by atoms with Gasteiger partial charge in [-0.15, -0.1) is 0 Å². The predicted molar refractivity (Wildman–Crippen MR) is 128 cm³/mol. The van der Waals surface area contributed by atoms with Crippen LogP contribution in [0.1, 0.15) is 46.1 Å². The number of carbonyl (C=O) groups excluding carboxylic acids is 1. The van der Waals surface area contributed by atoms with Gasteiger partial charge in [-0.25, -0.2) is 4.99 Å². The molecule has 0 radical (unpaired) electrons. The van der Waals surface area contributed by atoms with Gasteiger partial charge in [0.05, 0.1) is 25.0 Å². The van der Waals surface area contributed by atoms with E-state index in [1.165, 1.54) is 0 Å². The van der Waals surface area contributed by atoms with Crippen molar-refractivity contribution in [2.75, 3.05) is 12.4 Å². The molecule has 0 saturated carbocycles. The molecule has 32 heavy (non-hydrogen) atoms. The quantitative estimate of drug-likeness (QED) is 0.421.